The van der Waals surface area contributed by atoms with E-state index >= 15 is 0 Å². The third-order valence-corrected chi connectivity index (χ3v) is 13.5. The van der Waals surface area contributed by atoms with Gasteiger partial charge in [-0.05, 0) is 10.2 Å². The van der Waals surface area contributed by atoms with E-state index in [-0.39, 0.29) is 0 Å². The standard InChI is InChI=1S/C2H11ISi3/c3-6-2-5-1-4/h1-2,5-6H2,4H3. The Bertz CT molecular complexity index is 20.8. The molecule has 0 aliphatic carbocycles. The molecule has 0 N–H and O–H groups in total. The minimum Gasteiger partial charge on any atom is -0.128 e. The second-order valence-corrected chi connectivity index (χ2v) is 12.5. The summed E-state index contributed by atoms with van der Waals surface area (Å²) in [5.41, 5.74) is 3.38. The summed E-state index contributed by atoms with van der Waals surface area (Å²) in [5.74, 6) is 0. The fourth-order valence-corrected chi connectivity index (χ4v) is 12.5. The van der Waals surface area contributed by atoms with E-state index in [1.807, 2.05) is 0 Å². The molecule has 6 heavy (non-hydrogen) atoms. The van der Waals surface area contributed by atoms with E-state index in [9.17, 15) is 0 Å². The first kappa shape index (κ1) is 7.38. The van der Waals surface area contributed by atoms with Crippen LogP contribution >= 0.6 is 21.8 Å². The molecule has 0 aromatic rings. The van der Waals surface area contributed by atoms with E-state index in [0.717, 1.165) is 0 Å². The highest BCUT2D eigenvalue weighted by atomic mass is 127. The Morgan fingerprint density at radius 1 is 1.67 bits per heavy atom. The summed E-state index contributed by atoms with van der Waals surface area (Å²) in [6.45, 7) is 0. The van der Waals surface area contributed by atoms with E-state index < -0.39 is 0 Å². The molecular formula is C2H11ISi3. The van der Waals surface area contributed by atoms with Gasteiger partial charge in [-0.1, -0.05) is 11.3 Å². The predicted octanol–water partition coefficient (Wildman–Crippen LogP) is -1.21. The Hall–Kier alpha value is 1.38. The molecule has 0 atom stereocenters. The summed E-state index contributed by atoms with van der Waals surface area (Å²) in [4.78, 5) is 0. The molecule has 0 spiro atoms. The van der Waals surface area contributed by atoms with Crippen LogP contribution in [0.4, 0.5) is 0 Å². The molecule has 0 aromatic heterocycles. The van der Waals surface area contributed by atoms with Gasteiger partial charge < -0.3 is 0 Å². The molecule has 0 nitrogen and oxygen atoms in total. The van der Waals surface area contributed by atoms with Crippen LogP contribution in [0.3, 0.4) is 0 Å². The van der Waals surface area contributed by atoms with Gasteiger partial charge in [0.2, 0.25) is 0 Å². The van der Waals surface area contributed by atoms with Crippen molar-refractivity contribution in [2.75, 3.05) is 0 Å². The van der Waals surface area contributed by atoms with E-state index in [2.05, 4.69) is 21.8 Å². The van der Waals surface area contributed by atoms with E-state index in [1.54, 1.807) is 11.3 Å². The maximum absolute atomic E-state index is 2.60. The Labute approximate surface area is 59.8 Å². The molecule has 4 heteroatoms. The fourth-order valence-electron chi connectivity index (χ4n) is 0.344. The van der Waals surface area contributed by atoms with Crippen LogP contribution in [-0.2, 0) is 0 Å². The molecule has 0 aliphatic rings. The summed E-state index contributed by atoms with van der Waals surface area (Å²) < 4.78 is 0. The second-order valence-electron chi connectivity index (χ2n) is 1.40. The number of halogens is 1. The zero-order valence-electron chi connectivity index (χ0n) is 4.21. The Morgan fingerprint density at radius 2 is 2.33 bits per heavy atom. The minimum absolute atomic E-state index is 0.457. The zero-order chi connectivity index (χ0) is 4.83. The molecule has 0 amide bonds. The van der Waals surface area contributed by atoms with Crippen LogP contribution in [0, 0.1) is 0 Å². The van der Waals surface area contributed by atoms with Crippen LogP contribution in [0.25, 0.3) is 0 Å². The van der Waals surface area contributed by atoms with Crippen molar-refractivity contribution in [3.05, 3.63) is 0 Å². The lowest BCUT2D eigenvalue weighted by Gasteiger charge is -1.82. The lowest BCUT2D eigenvalue weighted by Crippen LogP contribution is -1.89. The molecule has 0 aromatic carbocycles. The lowest BCUT2D eigenvalue weighted by atomic mass is 11.8. The quantitative estimate of drug-likeness (QED) is 0.254. The first-order valence-corrected chi connectivity index (χ1v) is 12.0. The number of hydrogen-bond acceptors (Lipinski definition) is 0. The SMILES string of the molecule is [SiH3]C[SiH2]C[SiH2]I. The average molecular weight is 246 g/mol. The largest absolute Gasteiger partial charge is 0.128 e. The molecule has 0 rings (SSSR count). The van der Waals surface area contributed by atoms with Crippen molar-refractivity contribution < 1.29 is 0 Å². The van der Waals surface area contributed by atoms with E-state index in [1.165, 1.54) is 10.2 Å². The van der Waals surface area contributed by atoms with Gasteiger partial charge in [-0.3, -0.25) is 0 Å². The van der Waals surface area contributed by atoms with Gasteiger partial charge in [0.1, 0.15) is 0 Å². The fraction of sp³-hybridized carbons (Fsp3) is 1.00. The lowest BCUT2D eigenvalue weighted by molar-refractivity contribution is 1.91. The van der Waals surface area contributed by atoms with Crippen LogP contribution < -0.4 is 0 Å². The van der Waals surface area contributed by atoms with Crippen molar-refractivity contribution in [3.63, 3.8) is 0 Å². The van der Waals surface area contributed by atoms with Crippen molar-refractivity contribution in [2.24, 2.45) is 0 Å². The molecular weight excluding hydrogens is 235 g/mol. The van der Waals surface area contributed by atoms with Crippen LogP contribution in [0.2, 0.25) is 11.3 Å². The molecule has 38 valence electrons. The molecule has 0 radical (unpaired) electrons. The third-order valence-electron chi connectivity index (χ3n) is 0.737. The second kappa shape index (κ2) is 6.38. The number of rotatable bonds is 3. The van der Waals surface area contributed by atoms with Gasteiger partial charge in [0.15, 0.2) is 0 Å². The molecule has 0 aliphatic heterocycles. The zero-order valence-corrected chi connectivity index (χ0v) is 11.2. The van der Waals surface area contributed by atoms with Gasteiger partial charge in [-0.25, -0.2) is 0 Å². The van der Waals surface area contributed by atoms with Crippen LogP contribution in [0.1, 0.15) is 0 Å². The first-order chi connectivity index (χ1) is 2.91. The Kier molecular flexibility index (Phi) is 7.85. The van der Waals surface area contributed by atoms with Crippen molar-refractivity contribution in [3.8, 4) is 0 Å². The highest BCUT2D eigenvalue weighted by Gasteiger charge is 1.79. The van der Waals surface area contributed by atoms with Gasteiger partial charge in [0.25, 0.3) is 0 Å². The van der Waals surface area contributed by atoms with Crippen molar-refractivity contribution in [1.29, 1.82) is 0 Å². The summed E-state index contributed by atoms with van der Waals surface area (Å²) in [7, 11) is 2.48. The van der Waals surface area contributed by atoms with Crippen molar-refractivity contribution in [1.82, 2.24) is 0 Å². The highest BCUT2D eigenvalue weighted by molar-refractivity contribution is 14.1. The molecule has 0 fully saturated rings. The highest BCUT2D eigenvalue weighted by Crippen LogP contribution is 1.83. The Balaban J connectivity index is 2.34. The number of hydrogen-bond donors (Lipinski definition) is 0. The van der Waals surface area contributed by atoms with Gasteiger partial charge in [0, 0.05) is 9.52 Å². The predicted molar refractivity (Wildman–Crippen MR) is 50.7 cm³/mol. The molecule has 0 saturated carbocycles. The summed E-state index contributed by atoms with van der Waals surface area (Å²) in [6.07, 6.45) is 0. The first-order valence-electron chi connectivity index (χ1n) is 2.47. The monoisotopic (exact) mass is 246 g/mol. The van der Waals surface area contributed by atoms with Crippen molar-refractivity contribution in [2.45, 2.75) is 11.3 Å². The average Bonchev–Trinajstić information content (AvgIpc) is 1.61. The van der Waals surface area contributed by atoms with Crippen LogP contribution in [0.5, 0.6) is 0 Å². The summed E-state index contributed by atoms with van der Waals surface area (Å²) in [6, 6.07) is 0. The molecule has 0 heterocycles. The molecule has 0 bridgehead atoms. The third kappa shape index (κ3) is 5.38. The smallest absolute Gasteiger partial charge is 0.0907 e. The summed E-state index contributed by atoms with van der Waals surface area (Å²) >= 11 is 2.60. The summed E-state index contributed by atoms with van der Waals surface area (Å²) in [5, 5.41) is 0. The van der Waals surface area contributed by atoms with Crippen LogP contribution in [-0.4, -0.2) is 26.8 Å². The Morgan fingerprint density at radius 3 is 2.50 bits per heavy atom. The maximum Gasteiger partial charge on any atom is 0.0907 e. The van der Waals surface area contributed by atoms with Crippen molar-refractivity contribution >= 4 is 48.6 Å². The topological polar surface area (TPSA) is 0 Å². The van der Waals surface area contributed by atoms with E-state index in [4.69, 9.17) is 0 Å². The van der Waals surface area contributed by atoms with Crippen LogP contribution in [0.15, 0.2) is 0 Å². The van der Waals surface area contributed by atoms with Gasteiger partial charge >= 0.3 is 0 Å². The van der Waals surface area contributed by atoms with Gasteiger partial charge in [-0.15, -0.1) is 21.8 Å². The normalized spacial score (nSPS) is 13.5. The maximum atomic E-state index is 2.60. The molecule has 0 saturated heterocycles. The van der Waals surface area contributed by atoms with Gasteiger partial charge in [-0.2, -0.15) is 0 Å². The van der Waals surface area contributed by atoms with E-state index in [0.29, 0.717) is 16.5 Å². The minimum atomic E-state index is 0.457. The van der Waals surface area contributed by atoms with Gasteiger partial charge in [0.05, 0.1) is 7.02 Å². The molecule has 0 unspecified atom stereocenters.